The molecule has 10 heteroatoms. The van der Waals surface area contributed by atoms with Gasteiger partial charge in [-0.3, -0.25) is 14.5 Å². The predicted octanol–water partition coefficient (Wildman–Crippen LogP) is 3.62. The molecule has 1 aromatic heterocycles. The Balaban J connectivity index is 1.76. The van der Waals surface area contributed by atoms with Crippen LogP contribution in [0.1, 0.15) is 24.0 Å². The van der Waals surface area contributed by atoms with Crippen molar-refractivity contribution in [1.29, 1.82) is 0 Å². The predicted molar refractivity (Wildman–Crippen MR) is 103 cm³/mol. The van der Waals surface area contributed by atoms with E-state index < -0.39 is 35.7 Å². The molecule has 29 heavy (non-hydrogen) atoms. The minimum Gasteiger partial charge on any atom is -0.466 e. The molecular weight excluding hydrogens is 404 g/mol. The van der Waals surface area contributed by atoms with E-state index in [1.807, 2.05) is 0 Å². The Kier molecular flexibility index (Phi) is 5.65. The first-order chi connectivity index (χ1) is 13.6. The van der Waals surface area contributed by atoms with E-state index in [1.165, 1.54) is 19.1 Å². The van der Waals surface area contributed by atoms with Crippen LogP contribution in [0.4, 0.5) is 19.3 Å². The molecule has 0 bridgehead atoms. The van der Waals surface area contributed by atoms with Gasteiger partial charge in [-0.25, -0.2) is 4.79 Å². The van der Waals surface area contributed by atoms with Crippen molar-refractivity contribution in [2.75, 3.05) is 11.9 Å². The summed E-state index contributed by atoms with van der Waals surface area (Å²) in [6.07, 6.45) is 0. The molecule has 0 saturated carbocycles. The van der Waals surface area contributed by atoms with Crippen molar-refractivity contribution in [2.45, 2.75) is 37.0 Å². The number of anilines is 1. The number of carbonyl (C=O) groups excluding carboxylic acids is 3. The lowest BCUT2D eigenvalue weighted by Crippen LogP contribution is -2.42. The number of furan rings is 1. The molecule has 0 spiro atoms. The second-order valence-corrected chi connectivity index (χ2v) is 7.73. The maximum Gasteiger partial charge on any atom is 0.325 e. The summed E-state index contributed by atoms with van der Waals surface area (Å²) in [5, 5.41) is 5.08. The average Bonchev–Trinajstić information content (AvgIpc) is 3.08. The number of carbonyl (C=O) groups is 3. The van der Waals surface area contributed by atoms with Gasteiger partial charge in [-0.2, -0.15) is 8.78 Å². The number of para-hydroxylation sites is 1. The van der Waals surface area contributed by atoms with E-state index in [2.05, 4.69) is 10.6 Å². The van der Waals surface area contributed by atoms with Crippen LogP contribution in [-0.2, 0) is 15.1 Å². The van der Waals surface area contributed by atoms with Crippen LogP contribution in [-0.4, -0.2) is 35.0 Å². The normalized spacial score (nSPS) is 19.0. The Morgan fingerprint density at radius 1 is 1.31 bits per heavy atom. The van der Waals surface area contributed by atoms with E-state index in [1.54, 1.807) is 32.0 Å². The lowest BCUT2D eigenvalue weighted by molar-refractivity contribution is -0.133. The fourth-order valence-corrected chi connectivity index (χ4v) is 3.85. The van der Waals surface area contributed by atoms with Gasteiger partial charge in [0.1, 0.15) is 23.6 Å². The number of aryl methyl sites for hydroxylation is 2. The van der Waals surface area contributed by atoms with E-state index in [9.17, 15) is 23.2 Å². The van der Waals surface area contributed by atoms with Gasteiger partial charge in [0.25, 0.3) is 11.7 Å². The van der Waals surface area contributed by atoms with Crippen LogP contribution in [0.5, 0.6) is 0 Å². The molecule has 2 aromatic rings. The number of halogens is 2. The first-order valence-electron chi connectivity index (χ1n) is 8.67. The van der Waals surface area contributed by atoms with Gasteiger partial charge in [0.15, 0.2) is 0 Å². The molecule has 0 aliphatic carbocycles. The molecule has 1 saturated heterocycles. The highest BCUT2D eigenvalue weighted by Gasteiger charge is 2.51. The molecule has 1 aliphatic heterocycles. The van der Waals surface area contributed by atoms with Crippen LogP contribution in [0.2, 0.25) is 0 Å². The molecular formula is C19H19F2N3O4S. The van der Waals surface area contributed by atoms with Crippen molar-refractivity contribution in [1.82, 2.24) is 10.2 Å². The van der Waals surface area contributed by atoms with Gasteiger partial charge < -0.3 is 15.1 Å². The Morgan fingerprint density at radius 2 is 2.00 bits per heavy atom. The summed E-state index contributed by atoms with van der Waals surface area (Å²) >= 11 is 0.294. The maximum atomic E-state index is 12.9. The topological polar surface area (TPSA) is 91.7 Å². The van der Waals surface area contributed by atoms with Crippen molar-refractivity contribution in [2.24, 2.45) is 0 Å². The van der Waals surface area contributed by atoms with E-state index >= 15 is 0 Å². The smallest absolute Gasteiger partial charge is 0.325 e. The quantitative estimate of drug-likeness (QED) is 0.547. The van der Waals surface area contributed by atoms with Gasteiger partial charge in [0.2, 0.25) is 5.91 Å². The van der Waals surface area contributed by atoms with Crippen LogP contribution >= 0.6 is 11.8 Å². The van der Waals surface area contributed by atoms with Crippen LogP contribution in [0, 0.1) is 13.8 Å². The minimum absolute atomic E-state index is 0.180. The highest BCUT2D eigenvalue weighted by Crippen LogP contribution is 2.34. The van der Waals surface area contributed by atoms with Crippen molar-refractivity contribution in [3.8, 4) is 0 Å². The molecule has 1 fully saturated rings. The number of nitrogens with one attached hydrogen (secondary N) is 2. The van der Waals surface area contributed by atoms with Gasteiger partial charge in [0, 0.05) is 10.5 Å². The van der Waals surface area contributed by atoms with E-state index in [0.717, 1.165) is 4.90 Å². The molecule has 4 amide bonds. The average molecular weight is 423 g/mol. The second-order valence-electron chi connectivity index (χ2n) is 6.70. The Bertz CT molecular complexity index is 978. The zero-order chi connectivity index (χ0) is 21.3. The maximum absolute atomic E-state index is 12.9. The van der Waals surface area contributed by atoms with Crippen molar-refractivity contribution in [3.05, 3.63) is 47.4 Å². The molecule has 1 atom stereocenters. The summed E-state index contributed by atoms with van der Waals surface area (Å²) in [4.78, 5) is 38.7. The molecule has 1 unspecified atom stereocenters. The van der Waals surface area contributed by atoms with Crippen molar-refractivity contribution < 1.29 is 27.6 Å². The molecule has 2 heterocycles. The first kappa shape index (κ1) is 20.8. The van der Waals surface area contributed by atoms with E-state index in [0.29, 0.717) is 28.8 Å². The monoisotopic (exact) mass is 423 g/mol. The van der Waals surface area contributed by atoms with E-state index in [-0.39, 0.29) is 10.6 Å². The molecule has 1 aliphatic rings. The fourth-order valence-electron chi connectivity index (χ4n) is 3.25. The largest absolute Gasteiger partial charge is 0.466 e. The van der Waals surface area contributed by atoms with Crippen LogP contribution in [0.25, 0.3) is 0 Å². The fraction of sp³-hybridized carbons (Fsp3) is 0.316. The summed E-state index contributed by atoms with van der Waals surface area (Å²) in [6.45, 7) is 4.39. The summed E-state index contributed by atoms with van der Waals surface area (Å²) < 4.78 is 30.8. The lowest BCUT2D eigenvalue weighted by Gasteiger charge is -2.21. The molecule has 7 nitrogen and oxygen atoms in total. The number of nitrogens with zero attached hydrogens (tertiary/aromatic N) is 1. The van der Waals surface area contributed by atoms with Gasteiger partial charge >= 0.3 is 6.03 Å². The van der Waals surface area contributed by atoms with E-state index in [4.69, 9.17) is 4.42 Å². The Morgan fingerprint density at radius 3 is 2.62 bits per heavy atom. The molecule has 154 valence electrons. The summed E-state index contributed by atoms with van der Waals surface area (Å²) in [6, 6.07) is 7.01. The minimum atomic E-state index is -2.65. The number of rotatable bonds is 6. The number of amides is 4. The highest BCUT2D eigenvalue weighted by molar-refractivity contribution is 7.99. The number of urea groups is 1. The zero-order valence-electron chi connectivity index (χ0n) is 15.9. The summed E-state index contributed by atoms with van der Waals surface area (Å²) in [5.74, 6) is -2.86. The van der Waals surface area contributed by atoms with Crippen LogP contribution in [0.15, 0.2) is 39.6 Å². The molecule has 3 rings (SSSR count). The number of alkyl halides is 2. The summed E-state index contributed by atoms with van der Waals surface area (Å²) in [5.41, 5.74) is -0.670. The Labute approximate surface area is 169 Å². The number of hydrogen-bond donors (Lipinski definition) is 2. The van der Waals surface area contributed by atoms with Crippen molar-refractivity contribution in [3.63, 3.8) is 0 Å². The summed E-state index contributed by atoms with van der Waals surface area (Å²) in [7, 11) is 0. The number of benzene rings is 1. The number of imide groups is 1. The highest BCUT2D eigenvalue weighted by atomic mass is 32.2. The lowest BCUT2D eigenvalue weighted by atomic mass is 9.92. The second kappa shape index (κ2) is 7.86. The number of hydrogen-bond acceptors (Lipinski definition) is 5. The third-order valence-corrected chi connectivity index (χ3v) is 5.32. The van der Waals surface area contributed by atoms with Gasteiger partial charge in [0.05, 0.1) is 5.69 Å². The van der Waals surface area contributed by atoms with Crippen molar-refractivity contribution >= 4 is 35.3 Å². The standard InChI is InChI=1S/C19H19F2N3O4S/c1-10-8-12(11(2)28-10)19(3)16(26)24(18(27)23-19)9-15(25)22-13-6-4-5-7-14(13)29-17(20)21/h4-8,17H,9H2,1-3H3,(H,22,25)(H,23,27). The third-order valence-electron chi connectivity index (χ3n) is 4.53. The third kappa shape index (κ3) is 4.12. The zero-order valence-corrected chi connectivity index (χ0v) is 16.7. The molecule has 2 N–H and O–H groups in total. The van der Waals surface area contributed by atoms with Crippen LogP contribution < -0.4 is 10.6 Å². The van der Waals surface area contributed by atoms with Gasteiger partial charge in [-0.15, -0.1) is 0 Å². The van der Waals surface area contributed by atoms with Gasteiger partial charge in [-0.1, -0.05) is 23.9 Å². The SMILES string of the molecule is Cc1cc(C2(C)NC(=O)N(CC(=O)Nc3ccccc3SC(F)F)C2=O)c(C)o1. The van der Waals surface area contributed by atoms with Gasteiger partial charge in [-0.05, 0) is 39.0 Å². The van der Waals surface area contributed by atoms with Crippen LogP contribution in [0.3, 0.4) is 0 Å². The number of thioether (sulfide) groups is 1. The Hall–Kier alpha value is -2.88. The first-order valence-corrected chi connectivity index (χ1v) is 9.55. The molecule has 1 aromatic carbocycles. The molecule has 0 radical (unpaired) electrons.